The zero-order valence-corrected chi connectivity index (χ0v) is 16.0. The lowest BCUT2D eigenvalue weighted by Gasteiger charge is -2.40. The molecule has 0 radical (unpaired) electrons. The van der Waals surface area contributed by atoms with Gasteiger partial charge in [-0.1, -0.05) is 36.4 Å². The highest BCUT2D eigenvalue weighted by atomic mass is 15.2. The normalized spacial score (nSPS) is 21.3. The zero-order chi connectivity index (χ0) is 18.1. The number of piperidine rings is 1. The third-order valence-corrected chi connectivity index (χ3v) is 6.04. The Balaban J connectivity index is 1.69. The van der Waals surface area contributed by atoms with Gasteiger partial charge in [0.2, 0.25) is 0 Å². The molecule has 0 bridgehead atoms. The van der Waals surface area contributed by atoms with Gasteiger partial charge in [-0.25, -0.2) is 0 Å². The first-order valence-electron chi connectivity index (χ1n) is 9.70. The van der Waals surface area contributed by atoms with Crippen molar-refractivity contribution in [3.63, 3.8) is 0 Å². The number of nitrogens with one attached hydrogen (secondary N) is 2. The van der Waals surface area contributed by atoms with E-state index in [-0.39, 0.29) is 0 Å². The summed E-state index contributed by atoms with van der Waals surface area (Å²) in [6, 6.07) is 16.6. The summed E-state index contributed by atoms with van der Waals surface area (Å²) < 4.78 is 0. The van der Waals surface area contributed by atoms with Crippen LogP contribution in [0.1, 0.15) is 41.1 Å². The Morgan fingerprint density at radius 1 is 1.12 bits per heavy atom. The van der Waals surface area contributed by atoms with Gasteiger partial charge in [0.15, 0.2) is 0 Å². The number of fused-ring (bicyclic) bond motifs is 1. The molecule has 3 heteroatoms. The minimum absolute atomic E-state index is 0.470. The number of aryl methyl sites for hydroxylation is 2. The molecule has 0 saturated carbocycles. The predicted octanol–water partition coefficient (Wildman–Crippen LogP) is 4.71. The number of aromatic amines is 1. The highest BCUT2D eigenvalue weighted by Crippen LogP contribution is 2.34. The van der Waals surface area contributed by atoms with Gasteiger partial charge < -0.3 is 10.3 Å². The van der Waals surface area contributed by atoms with Crippen molar-refractivity contribution in [3.8, 4) is 0 Å². The number of benzene rings is 2. The van der Waals surface area contributed by atoms with Crippen molar-refractivity contribution in [1.29, 1.82) is 0 Å². The average Bonchev–Trinajstić information content (AvgIpc) is 3.16. The Bertz CT molecular complexity index is 881. The second-order valence-electron chi connectivity index (χ2n) is 7.66. The Kier molecular flexibility index (Phi) is 4.84. The SMILES string of the molecule is CN[C@@H]1CCN(Cc2c(C)cc(C)c3[nH]ccc23)[C@@H](c2ccccc2)C1. The quantitative estimate of drug-likeness (QED) is 0.716. The van der Waals surface area contributed by atoms with Crippen LogP contribution in [-0.2, 0) is 6.54 Å². The van der Waals surface area contributed by atoms with E-state index < -0.39 is 0 Å². The predicted molar refractivity (Wildman–Crippen MR) is 109 cm³/mol. The molecule has 0 amide bonds. The largest absolute Gasteiger partial charge is 0.361 e. The van der Waals surface area contributed by atoms with E-state index in [4.69, 9.17) is 0 Å². The van der Waals surface area contributed by atoms with Gasteiger partial charge in [-0.05, 0) is 62.1 Å². The van der Waals surface area contributed by atoms with Crippen LogP contribution in [0.3, 0.4) is 0 Å². The maximum atomic E-state index is 3.50. The maximum absolute atomic E-state index is 3.50. The van der Waals surface area contributed by atoms with E-state index in [1.807, 2.05) is 0 Å². The molecule has 136 valence electrons. The van der Waals surface area contributed by atoms with Crippen molar-refractivity contribution in [2.75, 3.05) is 13.6 Å². The van der Waals surface area contributed by atoms with E-state index in [1.165, 1.54) is 46.0 Å². The van der Waals surface area contributed by atoms with Gasteiger partial charge in [0.25, 0.3) is 0 Å². The molecule has 3 nitrogen and oxygen atoms in total. The summed E-state index contributed by atoms with van der Waals surface area (Å²) in [5, 5.41) is 4.88. The maximum Gasteiger partial charge on any atom is 0.0487 e. The van der Waals surface area contributed by atoms with E-state index in [2.05, 4.69) is 84.8 Å². The standard InChI is InChI=1S/C23H29N3/c1-16-13-17(2)23-20(9-11-25-23)21(16)15-26-12-10-19(24-3)14-22(26)18-7-5-4-6-8-18/h4-9,11,13,19,22,24-25H,10,12,14-15H2,1-3H3/t19-,22-/m1/s1. The van der Waals surface area contributed by atoms with Gasteiger partial charge >= 0.3 is 0 Å². The highest BCUT2D eigenvalue weighted by Gasteiger charge is 2.29. The number of nitrogens with zero attached hydrogens (tertiary/aromatic N) is 1. The van der Waals surface area contributed by atoms with Gasteiger partial charge in [-0.3, -0.25) is 4.90 Å². The van der Waals surface area contributed by atoms with Gasteiger partial charge in [-0.15, -0.1) is 0 Å². The summed E-state index contributed by atoms with van der Waals surface area (Å²) in [6.45, 7) is 6.59. The molecular weight excluding hydrogens is 318 g/mol. The van der Waals surface area contributed by atoms with Crippen LogP contribution in [0.25, 0.3) is 10.9 Å². The molecule has 1 aliphatic heterocycles. The third kappa shape index (κ3) is 3.17. The molecule has 0 aliphatic carbocycles. The molecule has 3 aromatic rings. The highest BCUT2D eigenvalue weighted by molar-refractivity contribution is 5.86. The molecule has 1 fully saturated rings. The molecule has 1 aromatic heterocycles. The molecule has 4 rings (SSSR count). The summed E-state index contributed by atoms with van der Waals surface area (Å²) in [5.74, 6) is 0. The van der Waals surface area contributed by atoms with Crippen LogP contribution in [0.15, 0.2) is 48.7 Å². The molecule has 2 heterocycles. The minimum Gasteiger partial charge on any atom is -0.361 e. The fourth-order valence-corrected chi connectivity index (χ4v) is 4.54. The third-order valence-electron chi connectivity index (χ3n) is 6.04. The molecule has 0 unspecified atom stereocenters. The average molecular weight is 348 g/mol. The Hall–Kier alpha value is -2.10. The van der Waals surface area contributed by atoms with Crippen LogP contribution in [0.4, 0.5) is 0 Å². The second-order valence-corrected chi connectivity index (χ2v) is 7.66. The fourth-order valence-electron chi connectivity index (χ4n) is 4.54. The van der Waals surface area contributed by atoms with E-state index >= 15 is 0 Å². The molecule has 1 saturated heterocycles. The Morgan fingerprint density at radius 2 is 1.92 bits per heavy atom. The van der Waals surface area contributed by atoms with Crippen LogP contribution in [0.5, 0.6) is 0 Å². The van der Waals surface area contributed by atoms with E-state index in [0.717, 1.165) is 13.1 Å². The lowest BCUT2D eigenvalue weighted by molar-refractivity contribution is 0.120. The van der Waals surface area contributed by atoms with Gasteiger partial charge in [-0.2, -0.15) is 0 Å². The number of aromatic nitrogens is 1. The van der Waals surface area contributed by atoms with Gasteiger partial charge in [0, 0.05) is 42.3 Å². The molecule has 26 heavy (non-hydrogen) atoms. The van der Waals surface area contributed by atoms with Crippen LogP contribution < -0.4 is 5.32 Å². The summed E-state index contributed by atoms with van der Waals surface area (Å²) >= 11 is 0. The first kappa shape index (κ1) is 17.3. The summed E-state index contributed by atoms with van der Waals surface area (Å²) in [4.78, 5) is 6.10. The lowest BCUT2D eigenvalue weighted by atomic mass is 9.90. The summed E-state index contributed by atoms with van der Waals surface area (Å²) in [5.41, 5.74) is 6.92. The minimum atomic E-state index is 0.470. The van der Waals surface area contributed by atoms with Crippen molar-refractivity contribution in [2.24, 2.45) is 0 Å². The first-order chi connectivity index (χ1) is 12.7. The molecule has 2 aromatic carbocycles. The van der Waals surface area contributed by atoms with Gasteiger partial charge in [0.1, 0.15) is 0 Å². The lowest BCUT2D eigenvalue weighted by Crippen LogP contribution is -2.43. The number of hydrogen-bond acceptors (Lipinski definition) is 2. The van der Waals surface area contributed by atoms with Crippen molar-refractivity contribution >= 4 is 10.9 Å². The van der Waals surface area contributed by atoms with Crippen LogP contribution in [-0.4, -0.2) is 29.5 Å². The van der Waals surface area contributed by atoms with E-state index in [9.17, 15) is 0 Å². The van der Waals surface area contributed by atoms with Crippen molar-refractivity contribution in [1.82, 2.24) is 15.2 Å². The number of hydrogen-bond donors (Lipinski definition) is 2. The zero-order valence-electron chi connectivity index (χ0n) is 16.0. The van der Waals surface area contributed by atoms with E-state index in [0.29, 0.717) is 12.1 Å². The smallest absolute Gasteiger partial charge is 0.0487 e. The first-order valence-corrected chi connectivity index (χ1v) is 9.70. The molecule has 1 aliphatic rings. The fraction of sp³-hybridized carbons (Fsp3) is 0.391. The van der Waals surface area contributed by atoms with E-state index in [1.54, 1.807) is 0 Å². The number of H-pyrrole nitrogens is 1. The van der Waals surface area contributed by atoms with Crippen LogP contribution in [0.2, 0.25) is 0 Å². The van der Waals surface area contributed by atoms with Crippen LogP contribution in [0, 0.1) is 13.8 Å². The van der Waals surface area contributed by atoms with Crippen molar-refractivity contribution in [3.05, 3.63) is 70.9 Å². The Labute approximate surface area is 156 Å². The summed E-state index contributed by atoms with van der Waals surface area (Å²) in [6.07, 6.45) is 4.45. The molecular formula is C23H29N3. The number of rotatable bonds is 4. The van der Waals surface area contributed by atoms with Gasteiger partial charge in [0.05, 0.1) is 0 Å². The molecule has 0 spiro atoms. The Morgan fingerprint density at radius 3 is 2.69 bits per heavy atom. The monoisotopic (exact) mass is 347 g/mol. The second kappa shape index (κ2) is 7.26. The number of likely N-dealkylation sites (tertiary alicyclic amines) is 1. The van der Waals surface area contributed by atoms with Crippen molar-refractivity contribution in [2.45, 2.75) is 45.3 Å². The topological polar surface area (TPSA) is 31.1 Å². The molecule has 2 N–H and O–H groups in total. The van der Waals surface area contributed by atoms with Crippen LogP contribution >= 0.6 is 0 Å². The van der Waals surface area contributed by atoms with Crippen molar-refractivity contribution < 1.29 is 0 Å². The molecule has 2 atom stereocenters. The summed E-state index contributed by atoms with van der Waals surface area (Å²) in [7, 11) is 2.09.